The van der Waals surface area contributed by atoms with Gasteiger partial charge in [-0.3, -0.25) is 9.78 Å². The van der Waals surface area contributed by atoms with Crippen LogP contribution in [0, 0.1) is 6.92 Å². The van der Waals surface area contributed by atoms with E-state index in [-0.39, 0.29) is 5.78 Å². The number of ketones is 1. The fourth-order valence-electron chi connectivity index (χ4n) is 4.75. The van der Waals surface area contributed by atoms with E-state index in [9.17, 15) is 4.79 Å². The number of likely N-dealkylation sites (N-methyl/N-ethyl adjacent to an activating group) is 1. The molecule has 2 heterocycles. The van der Waals surface area contributed by atoms with Crippen molar-refractivity contribution in [2.75, 3.05) is 46.5 Å². The Kier molecular flexibility index (Phi) is 5.83. The monoisotopic (exact) mass is 442 g/mol. The molecular formula is C28H30N2O3+2. The van der Waals surface area contributed by atoms with E-state index in [0.29, 0.717) is 12.2 Å². The van der Waals surface area contributed by atoms with E-state index in [2.05, 4.69) is 24.2 Å². The summed E-state index contributed by atoms with van der Waals surface area (Å²) in [6.45, 7) is 7.16. The van der Waals surface area contributed by atoms with Gasteiger partial charge in [-0.25, -0.2) is 0 Å². The first kappa shape index (κ1) is 21.6. The molecule has 5 nitrogen and oxygen atoms in total. The SMILES string of the molecule is C[c+]1[nH]cccc1C1=C(c2ccccc2)c2ccc(OCC[N+]3(C)CCOCC3)cc2C1=O. The number of rotatable bonds is 6. The molecule has 0 atom stereocenters. The summed E-state index contributed by atoms with van der Waals surface area (Å²) in [6.07, 6.45) is 1.89. The van der Waals surface area contributed by atoms with Gasteiger partial charge in [0, 0.05) is 35.8 Å². The summed E-state index contributed by atoms with van der Waals surface area (Å²) in [4.78, 5) is 17.0. The van der Waals surface area contributed by atoms with Gasteiger partial charge in [0.1, 0.15) is 48.8 Å². The van der Waals surface area contributed by atoms with E-state index in [4.69, 9.17) is 9.47 Å². The summed E-state index contributed by atoms with van der Waals surface area (Å²) in [5.41, 5.74) is 6.35. The molecule has 1 aliphatic heterocycles. The number of fused-ring (bicyclic) bond motifs is 1. The topological polar surface area (TPSA) is 51.3 Å². The standard InChI is InChI=1S/C28H29N2O3/c1-20-23(9-6-12-29-20)27-26(21-7-4-3-5-8-21)24-11-10-22(19-25(24)28(27)31)33-18-15-30(2)13-16-32-17-14-30/h3-12,19H,13-18H2,1-2H3/q+1/p+1. The van der Waals surface area contributed by atoms with Crippen LogP contribution < -0.4 is 4.74 Å². The van der Waals surface area contributed by atoms with Crippen molar-refractivity contribution < 1.29 is 18.8 Å². The van der Waals surface area contributed by atoms with Gasteiger partial charge >= 0.3 is 0 Å². The summed E-state index contributed by atoms with van der Waals surface area (Å²) >= 11 is 0. The number of aromatic nitrogens is 1. The Hall–Kier alpha value is -3.28. The van der Waals surface area contributed by atoms with E-state index in [0.717, 1.165) is 76.6 Å². The molecule has 0 bridgehead atoms. The number of hydrogen-bond acceptors (Lipinski definition) is 3. The number of quaternary nitrogens is 1. The summed E-state index contributed by atoms with van der Waals surface area (Å²) < 4.78 is 12.6. The molecule has 0 radical (unpaired) electrons. The van der Waals surface area contributed by atoms with Crippen LogP contribution in [0.15, 0.2) is 66.9 Å². The van der Waals surface area contributed by atoms with Crippen molar-refractivity contribution >= 4 is 16.9 Å². The third-order valence-electron chi connectivity index (χ3n) is 6.83. The van der Waals surface area contributed by atoms with Crippen LogP contribution in [-0.4, -0.2) is 61.8 Å². The number of carbonyl (C=O) groups is 1. The molecule has 1 fully saturated rings. The predicted molar refractivity (Wildman–Crippen MR) is 130 cm³/mol. The number of nitrogens with zero attached hydrogens (tertiary/aromatic N) is 1. The first-order valence-electron chi connectivity index (χ1n) is 11.6. The first-order chi connectivity index (χ1) is 16.1. The predicted octanol–water partition coefficient (Wildman–Crippen LogP) is 4.62. The summed E-state index contributed by atoms with van der Waals surface area (Å²) in [5.74, 6) is 0.788. The number of benzene rings is 2. The Labute approximate surface area is 194 Å². The number of nitrogens with one attached hydrogen (secondary N) is 1. The van der Waals surface area contributed by atoms with Crippen LogP contribution in [0.5, 0.6) is 5.75 Å². The lowest BCUT2D eigenvalue weighted by molar-refractivity contribution is -0.916. The van der Waals surface area contributed by atoms with Crippen LogP contribution >= 0.6 is 0 Å². The number of morpholine rings is 1. The number of aromatic amines is 1. The Morgan fingerprint density at radius 3 is 2.55 bits per heavy atom. The molecule has 3 aromatic rings. The molecule has 2 aromatic carbocycles. The number of pyridine rings is 1. The molecule has 5 rings (SSSR count). The minimum absolute atomic E-state index is 0.0455. The number of allylic oxidation sites excluding steroid dienone is 1. The highest BCUT2D eigenvalue weighted by Gasteiger charge is 2.37. The molecule has 1 saturated heterocycles. The van der Waals surface area contributed by atoms with Crippen molar-refractivity contribution in [1.82, 2.24) is 4.98 Å². The normalized spacial score (nSPS) is 17.2. The zero-order valence-corrected chi connectivity index (χ0v) is 19.3. The number of carbonyl (C=O) groups excluding carboxylic acids is 1. The van der Waals surface area contributed by atoms with Crippen LogP contribution in [-0.2, 0) is 4.74 Å². The molecular weight excluding hydrogens is 412 g/mol. The van der Waals surface area contributed by atoms with Gasteiger partial charge < -0.3 is 14.0 Å². The number of Topliss-reactive ketones (excluding diaryl/α,β-unsaturated/α-hetero) is 1. The molecule has 0 spiro atoms. The van der Waals surface area contributed by atoms with Crippen molar-refractivity contribution in [2.24, 2.45) is 0 Å². The maximum Gasteiger partial charge on any atom is 0.236 e. The minimum Gasteiger partial charge on any atom is -0.488 e. The van der Waals surface area contributed by atoms with Gasteiger partial charge in [-0.2, -0.15) is 0 Å². The highest BCUT2D eigenvalue weighted by atomic mass is 16.5. The molecule has 168 valence electrons. The molecule has 5 heteroatoms. The second kappa shape index (κ2) is 8.93. The van der Waals surface area contributed by atoms with Crippen LogP contribution in [0.2, 0.25) is 0 Å². The lowest BCUT2D eigenvalue weighted by Crippen LogP contribution is -2.53. The maximum atomic E-state index is 13.7. The highest BCUT2D eigenvalue weighted by Crippen LogP contribution is 2.43. The molecule has 0 amide bonds. The maximum absolute atomic E-state index is 13.7. The smallest absolute Gasteiger partial charge is 0.236 e. The fourth-order valence-corrected chi connectivity index (χ4v) is 4.75. The lowest BCUT2D eigenvalue weighted by atomic mass is 9.94. The second-order valence-corrected chi connectivity index (χ2v) is 9.11. The molecule has 0 saturated carbocycles. The molecule has 1 aliphatic carbocycles. The van der Waals surface area contributed by atoms with Crippen LogP contribution in [0.1, 0.15) is 32.7 Å². The van der Waals surface area contributed by atoms with Crippen LogP contribution in [0.3, 0.4) is 0 Å². The molecule has 1 N–H and O–H groups in total. The Morgan fingerprint density at radius 1 is 1.00 bits per heavy atom. The van der Waals surface area contributed by atoms with Crippen molar-refractivity contribution in [3.05, 3.63) is 94.8 Å². The zero-order valence-electron chi connectivity index (χ0n) is 19.3. The molecule has 33 heavy (non-hydrogen) atoms. The largest absolute Gasteiger partial charge is 0.488 e. The molecule has 0 unspecified atom stereocenters. The number of H-pyrrole nitrogens is 1. The summed E-state index contributed by atoms with van der Waals surface area (Å²) in [7, 11) is 2.25. The number of hydrogen-bond donors (Lipinski definition) is 1. The third-order valence-corrected chi connectivity index (χ3v) is 6.83. The van der Waals surface area contributed by atoms with Gasteiger partial charge in [-0.05, 0) is 23.8 Å². The Balaban J connectivity index is 1.46. The Morgan fingerprint density at radius 2 is 1.79 bits per heavy atom. The van der Waals surface area contributed by atoms with Gasteiger partial charge in [0.05, 0.1) is 26.5 Å². The third kappa shape index (κ3) is 4.22. The van der Waals surface area contributed by atoms with E-state index >= 15 is 0 Å². The zero-order chi connectivity index (χ0) is 22.8. The van der Waals surface area contributed by atoms with E-state index in [1.165, 1.54) is 0 Å². The van der Waals surface area contributed by atoms with Crippen LogP contribution in [0.25, 0.3) is 11.1 Å². The van der Waals surface area contributed by atoms with Gasteiger partial charge in [0.15, 0.2) is 0 Å². The lowest BCUT2D eigenvalue weighted by Gasteiger charge is -2.37. The Bertz CT molecular complexity index is 1210. The quantitative estimate of drug-likeness (QED) is 0.448. The van der Waals surface area contributed by atoms with Crippen molar-refractivity contribution in [3.8, 4) is 5.75 Å². The van der Waals surface area contributed by atoms with Gasteiger partial charge in [-0.15, -0.1) is 0 Å². The van der Waals surface area contributed by atoms with Crippen molar-refractivity contribution in [1.29, 1.82) is 0 Å². The van der Waals surface area contributed by atoms with Gasteiger partial charge in [0.2, 0.25) is 5.78 Å². The highest BCUT2D eigenvalue weighted by molar-refractivity contribution is 6.41. The van der Waals surface area contributed by atoms with E-state index in [1.54, 1.807) is 0 Å². The van der Waals surface area contributed by atoms with Gasteiger partial charge in [0.25, 0.3) is 0 Å². The number of ether oxygens (including phenoxy) is 2. The fraction of sp³-hybridized carbons (Fsp3) is 0.286. The first-order valence-corrected chi connectivity index (χ1v) is 11.6. The average molecular weight is 443 g/mol. The summed E-state index contributed by atoms with van der Waals surface area (Å²) in [6, 6.07) is 20.0. The van der Waals surface area contributed by atoms with E-state index < -0.39 is 0 Å². The van der Waals surface area contributed by atoms with E-state index in [1.807, 2.05) is 61.7 Å². The average Bonchev–Trinajstić information content (AvgIpc) is 3.12. The molecule has 1 aromatic heterocycles. The molecule has 2 aliphatic rings. The second-order valence-electron chi connectivity index (χ2n) is 9.11. The van der Waals surface area contributed by atoms with Crippen LogP contribution in [0.4, 0.5) is 0 Å². The van der Waals surface area contributed by atoms with Crippen molar-refractivity contribution in [3.63, 3.8) is 0 Å². The van der Waals surface area contributed by atoms with Crippen molar-refractivity contribution in [2.45, 2.75) is 6.92 Å². The summed E-state index contributed by atoms with van der Waals surface area (Å²) in [5, 5.41) is 0. The van der Waals surface area contributed by atoms with Gasteiger partial charge in [-0.1, -0.05) is 30.3 Å². The number of aryl methyl sites for hydroxylation is 1. The minimum atomic E-state index is 0.0455.